The largest absolute Gasteiger partial charge is 0.481 e. The number of carboxylic acid groups (broad SMARTS) is 1. The minimum atomic E-state index is -4.39. The van der Waals surface area contributed by atoms with Gasteiger partial charge < -0.3 is 35.8 Å². The van der Waals surface area contributed by atoms with Crippen LogP contribution in [0.2, 0.25) is 0 Å². The Morgan fingerprint density at radius 1 is 0.635 bits per heavy atom. The molecular formula is C46H56F6N8O3. The number of carbonyl (C=O) groups excluding carboxylic acids is 1. The third kappa shape index (κ3) is 13.0. The van der Waals surface area contributed by atoms with Crippen LogP contribution < -0.4 is 30.7 Å². The number of nitrogens with two attached hydrogens (primary N) is 1. The van der Waals surface area contributed by atoms with E-state index in [1.165, 1.54) is 47.6 Å². The summed E-state index contributed by atoms with van der Waals surface area (Å²) in [5.74, 6) is -0.194. The molecule has 1 amide bonds. The zero-order valence-electron chi connectivity index (χ0n) is 35.3. The van der Waals surface area contributed by atoms with E-state index in [9.17, 15) is 35.9 Å². The Hall–Kier alpha value is -5.58. The first-order chi connectivity index (χ1) is 30.2. The van der Waals surface area contributed by atoms with Crippen molar-refractivity contribution in [2.45, 2.75) is 63.7 Å². The third-order valence-corrected chi connectivity index (χ3v) is 12.0. The van der Waals surface area contributed by atoms with Crippen molar-refractivity contribution in [3.05, 3.63) is 107 Å². The number of nitrogens with one attached hydrogen (secondary N) is 1. The Labute approximate surface area is 364 Å². The molecule has 0 unspecified atom stereocenters. The summed E-state index contributed by atoms with van der Waals surface area (Å²) in [6.07, 6.45) is -0.515. The molecule has 2 fully saturated rings. The molecule has 0 saturated carbocycles. The van der Waals surface area contributed by atoms with Crippen LogP contribution >= 0.6 is 0 Å². The lowest BCUT2D eigenvalue weighted by Gasteiger charge is -2.32. The zero-order valence-corrected chi connectivity index (χ0v) is 35.3. The molecule has 2 aromatic heterocycles. The predicted octanol–water partition coefficient (Wildman–Crippen LogP) is 7.69. The van der Waals surface area contributed by atoms with Crippen molar-refractivity contribution < 1.29 is 41.0 Å². The second kappa shape index (κ2) is 21.7. The van der Waals surface area contributed by atoms with Crippen molar-refractivity contribution in [3.8, 4) is 0 Å². The number of pyridine rings is 2. The number of fused-ring (bicyclic) bond motifs is 2. The van der Waals surface area contributed by atoms with Crippen LogP contribution in [0.1, 0.15) is 60.8 Å². The first-order valence-electron chi connectivity index (χ1n) is 21.6. The number of para-hydroxylation sites is 2. The summed E-state index contributed by atoms with van der Waals surface area (Å²) in [5, 5.41) is 11.9. The van der Waals surface area contributed by atoms with Crippen molar-refractivity contribution >= 4 is 34.9 Å². The monoisotopic (exact) mass is 882 g/mol. The van der Waals surface area contributed by atoms with Gasteiger partial charge in [0.2, 0.25) is 5.91 Å². The molecule has 11 nitrogen and oxygen atoms in total. The Morgan fingerprint density at radius 2 is 1.08 bits per heavy atom. The van der Waals surface area contributed by atoms with Crippen molar-refractivity contribution in [2.75, 3.05) is 85.0 Å². The minimum Gasteiger partial charge on any atom is -0.481 e. The lowest BCUT2D eigenvalue weighted by molar-refractivity contribution is -0.142. The predicted molar refractivity (Wildman–Crippen MR) is 232 cm³/mol. The summed E-state index contributed by atoms with van der Waals surface area (Å²) in [4.78, 5) is 39.6. The number of aliphatic carboxylic acids is 1. The van der Waals surface area contributed by atoms with Crippen molar-refractivity contribution in [1.82, 2.24) is 15.3 Å². The number of hydrogen-bond acceptors (Lipinski definition) is 9. The SMILES string of the molecule is NCCCN1CCc2ccccc21.O=C(NCCCN1CCc2ccccc21)C1CCN(c2ccc(C(F)(F)F)cn2)CC1.O=C(O)C1CCN(c2ccc(C(F)(F)F)cn2)CC1. The van der Waals surface area contributed by atoms with E-state index in [2.05, 4.69) is 73.6 Å². The molecular weight excluding hydrogens is 827 g/mol. The summed E-state index contributed by atoms with van der Waals surface area (Å²) in [7, 11) is 0. The number of carbonyl (C=O) groups is 2. The number of anilines is 4. The van der Waals surface area contributed by atoms with Gasteiger partial charge in [0.25, 0.3) is 0 Å². The van der Waals surface area contributed by atoms with Crippen LogP contribution in [0.3, 0.4) is 0 Å². The summed E-state index contributed by atoms with van der Waals surface area (Å²) >= 11 is 0. The molecule has 4 N–H and O–H groups in total. The van der Waals surface area contributed by atoms with E-state index in [1.807, 2.05) is 4.90 Å². The maximum atomic E-state index is 12.7. The minimum absolute atomic E-state index is 0.0572. The van der Waals surface area contributed by atoms with Gasteiger partial charge >= 0.3 is 18.3 Å². The second-order valence-corrected chi connectivity index (χ2v) is 16.2. The molecule has 4 aliphatic rings. The van der Waals surface area contributed by atoms with Crippen LogP contribution in [0.5, 0.6) is 0 Å². The van der Waals surface area contributed by atoms with Gasteiger partial charge in [-0.2, -0.15) is 26.3 Å². The topological polar surface area (TPSA) is 131 Å². The molecule has 0 radical (unpaired) electrons. The highest BCUT2D eigenvalue weighted by molar-refractivity contribution is 5.79. The van der Waals surface area contributed by atoms with Crippen LogP contribution in [-0.4, -0.2) is 92.4 Å². The maximum Gasteiger partial charge on any atom is 0.417 e. The molecule has 2 aromatic carbocycles. The molecule has 17 heteroatoms. The van der Waals surface area contributed by atoms with E-state index < -0.39 is 29.4 Å². The van der Waals surface area contributed by atoms with E-state index >= 15 is 0 Å². The first-order valence-corrected chi connectivity index (χ1v) is 21.6. The van der Waals surface area contributed by atoms with Crippen LogP contribution in [0.4, 0.5) is 49.4 Å². The lowest BCUT2D eigenvalue weighted by Crippen LogP contribution is -2.41. The first kappa shape index (κ1) is 46.9. The Balaban J connectivity index is 0.000000175. The Bertz CT molecular complexity index is 2070. The van der Waals surface area contributed by atoms with Crippen molar-refractivity contribution in [1.29, 1.82) is 0 Å². The molecule has 63 heavy (non-hydrogen) atoms. The van der Waals surface area contributed by atoms with Crippen molar-refractivity contribution in [2.24, 2.45) is 17.6 Å². The van der Waals surface area contributed by atoms with Gasteiger partial charge in [-0.3, -0.25) is 9.59 Å². The number of aromatic nitrogens is 2. The fourth-order valence-corrected chi connectivity index (χ4v) is 8.39. The van der Waals surface area contributed by atoms with Crippen LogP contribution in [0.15, 0.2) is 85.2 Å². The average molecular weight is 883 g/mol. The fourth-order valence-electron chi connectivity index (χ4n) is 8.39. The lowest BCUT2D eigenvalue weighted by atomic mass is 9.96. The summed E-state index contributed by atoms with van der Waals surface area (Å²) in [5.41, 5.74) is 9.56. The van der Waals surface area contributed by atoms with E-state index in [0.29, 0.717) is 70.0 Å². The van der Waals surface area contributed by atoms with Gasteiger partial charge in [-0.25, -0.2) is 9.97 Å². The van der Waals surface area contributed by atoms with Gasteiger partial charge in [-0.05, 0) is 105 Å². The van der Waals surface area contributed by atoms with Gasteiger partial charge in [0.15, 0.2) is 0 Å². The highest BCUT2D eigenvalue weighted by atomic mass is 19.4. The summed E-state index contributed by atoms with van der Waals surface area (Å²) in [6.45, 7) is 7.88. The molecule has 0 aliphatic carbocycles. The van der Waals surface area contributed by atoms with E-state index in [0.717, 1.165) is 70.0 Å². The van der Waals surface area contributed by atoms with Gasteiger partial charge in [-0.1, -0.05) is 36.4 Å². The number of halogens is 6. The number of alkyl halides is 6. The Morgan fingerprint density at radius 3 is 1.49 bits per heavy atom. The highest BCUT2D eigenvalue weighted by Gasteiger charge is 2.33. The maximum absolute atomic E-state index is 12.7. The van der Waals surface area contributed by atoms with Crippen LogP contribution in [-0.2, 0) is 34.8 Å². The summed E-state index contributed by atoms with van der Waals surface area (Å²) in [6, 6.07) is 21.9. The normalized spacial score (nSPS) is 16.7. The van der Waals surface area contributed by atoms with E-state index in [1.54, 1.807) is 4.90 Å². The molecule has 2 saturated heterocycles. The van der Waals surface area contributed by atoms with E-state index in [-0.39, 0.29) is 17.7 Å². The molecule has 4 aromatic rings. The molecule has 0 atom stereocenters. The summed E-state index contributed by atoms with van der Waals surface area (Å²) < 4.78 is 75.2. The number of amides is 1. The standard InChI is InChI=1S/C23H27F3N4O.C12H13F3N2O2.C11H16N2/c24-23(25,26)19-6-7-21(28-16-19)30-14-9-18(10-15-30)22(31)27-11-3-12-29-13-8-17-4-1-2-5-20(17)29;13-12(14,15)9-1-2-10(16-7-9)17-5-3-8(4-6-17)11(18)19;12-7-3-8-13-9-6-10-4-1-2-5-11(10)13/h1-2,4-7,16,18H,3,8-15H2,(H,27,31);1-2,7-8H,3-6H2,(H,18,19);1-2,4-5H,3,6-9,12H2. The number of piperidine rings is 2. The number of carboxylic acids is 1. The number of hydrogen-bond donors (Lipinski definition) is 3. The number of nitrogens with zero attached hydrogens (tertiary/aromatic N) is 6. The quantitative estimate of drug-likeness (QED) is 0.102. The smallest absolute Gasteiger partial charge is 0.417 e. The molecule has 0 spiro atoms. The molecule has 6 heterocycles. The van der Waals surface area contributed by atoms with Gasteiger partial charge in [0, 0.05) is 88.6 Å². The van der Waals surface area contributed by atoms with Gasteiger partial charge in [0.05, 0.1) is 17.0 Å². The Kier molecular flexibility index (Phi) is 16.1. The molecule has 340 valence electrons. The van der Waals surface area contributed by atoms with E-state index in [4.69, 9.17) is 10.8 Å². The number of rotatable bonds is 11. The third-order valence-electron chi connectivity index (χ3n) is 12.0. The van der Waals surface area contributed by atoms with Gasteiger partial charge in [-0.15, -0.1) is 0 Å². The second-order valence-electron chi connectivity index (χ2n) is 16.2. The molecule has 0 bridgehead atoms. The van der Waals surface area contributed by atoms with Crippen LogP contribution in [0, 0.1) is 11.8 Å². The number of benzene rings is 2. The average Bonchev–Trinajstić information content (AvgIpc) is 3.91. The van der Waals surface area contributed by atoms with Crippen LogP contribution in [0.25, 0.3) is 0 Å². The van der Waals surface area contributed by atoms with Crippen molar-refractivity contribution in [3.63, 3.8) is 0 Å². The zero-order chi connectivity index (χ0) is 45.0. The fraction of sp³-hybridized carbons (Fsp3) is 0.478. The van der Waals surface area contributed by atoms with Gasteiger partial charge in [0.1, 0.15) is 11.6 Å². The molecule has 8 rings (SSSR count). The highest BCUT2D eigenvalue weighted by Crippen LogP contribution is 2.32. The molecule has 4 aliphatic heterocycles.